The summed E-state index contributed by atoms with van der Waals surface area (Å²) in [4.78, 5) is 3.18. The Balaban J connectivity index is 2.82. The molecule has 3 heteroatoms. The van der Waals surface area contributed by atoms with Crippen LogP contribution in [0.1, 0.15) is 25.5 Å². The first-order valence-electron chi connectivity index (χ1n) is 5.37. The van der Waals surface area contributed by atoms with Crippen molar-refractivity contribution in [2.75, 3.05) is 14.1 Å². The van der Waals surface area contributed by atoms with E-state index < -0.39 is 0 Å². The lowest BCUT2D eigenvalue weighted by Gasteiger charge is -2.17. The Morgan fingerprint density at radius 3 is 2.12 bits per heavy atom. The van der Waals surface area contributed by atoms with Crippen molar-refractivity contribution in [2.24, 2.45) is 0 Å². The molecule has 0 aliphatic rings. The summed E-state index contributed by atoms with van der Waals surface area (Å²) >= 11 is 1.84. The van der Waals surface area contributed by atoms with Gasteiger partial charge < -0.3 is 0 Å². The zero-order valence-electron chi connectivity index (χ0n) is 10.3. The van der Waals surface area contributed by atoms with Crippen molar-refractivity contribution >= 4 is 11.8 Å². The Bertz CT molecular complexity index is 363. The highest BCUT2D eigenvalue weighted by Crippen LogP contribution is 2.25. The van der Waals surface area contributed by atoms with Crippen LogP contribution in [0.25, 0.3) is 0 Å². The van der Waals surface area contributed by atoms with Gasteiger partial charge in [-0.15, -0.1) is 11.8 Å². The lowest BCUT2D eigenvalue weighted by atomic mass is 10.1. The van der Waals surface area contributed by atoms with Gasteiger partial charge in [-0.25, -0.2) is 0 Å². The largest absolute Gasteiger partial charge is 0.291 e. The number of thioether (sulfide) groups is 1. The summed E-state index contributed by atoms with van der Waals surface area (Å²) in [7, 11) is 3.84. The fourth-order valence-corrected chi connectivity index (χ4v) is 2.33. The van der Waals surface area contributed by atoms with Crippen molar-refractivity contribution in [3.8, 4) is 6.07 Å². The molecule has 0 aliphatic heterocycles. The second-order valence-corrected chi connectivity index (χ2v) is 5.88. The molecule has 1 rings (SSSR count). The molecule has 0 saturated heterocycles. The highest BCUT2D eigenvalue weighted by Gasteiger charge is 2.12. The van der Waals surface area contributed by atoms with E-state index in [-0.39, 0.29) is 6.04 Å². The van der Waals surface area contributed by atoms with Gasteiger partial charge in [-0.1, -0.05) is 26.0 Å². The van der Waals surface area contributed by atoms with E-state index >= 15 is 0 Å². The zero-order valence-corrected chi connectivity index (χ0v) is 11.1. The Hall–Kier alpha value is -0.980. The molecule has 1 unspecified atom stereocenters. The van der Waals surface area contributed by atoms with Gasteiger partial charge in [-0.2, -0.15) is 5.26 Å². The molecule has 0 radical (unpaired) electrons. The molecular weight excluding hydrogens is 216 g/mol. The SMILES string of the molecule is CC(C)Sc1ccc(C(C#N)N(C)C)cc1. The van der Waals surface area contributed by atoms with Gasteiger partial charge in [0.2, 0.25) is 0 Å². The molecule has 0 aliphatic carbocycles. The van der Waals surface area contributed by atoms with Gasteiger partial charge >= 0.3 is 0 Å². The van der Waals surface area contributed by atoms with Crippen molar-refractivity contribution in [1.29, 1.82) is 5.26 Å². The predicted molar refractivity (Wildman–Crippen MR) is 69.5 cm³/mol. The minimum atomic E-state index is -0.155. The van der Waals surface area contributed by atoms with Crippen molar-refractivity contribution in [1.82, 2.24) is 4.90 Å². The van der Waals surface area contributed by atoms with E-state index in [1.54, 1.807) is 0 Å². The second kappa shape index (κ2) is 5.93. The van der Waals surface area contributed by atoms with Gasteiger partial charge in [-0.05, 0) is 31.8 Å². The number of nitriles is 1. The van der Waals surface area contributed by atoms with Crippen LogP contribution in [0.4, 0.5) is 0 Å². The van der Waals surface area contributed by atoms with Gasteiger partial charge in [0, 0.05) is 10.1 Å². The van der Waals surface area contributed by atoms with E-state index in [4.69, 9.17) is 5.26 Å². The number of hydrogen-bond acceptors (Lipinski definition) is 3. The van der Waals surface area contributed by atoms with Gasteiger partial charge in [0.25, 0.3) is 0 Å². The maximum absolute atomic E-state index is 9.07. The molecule has 0 bridgehead atoms. The molecule has 0 heterocycles. The first-order valence-corrected chi connectivity index (χ1v) is 6.25. The Morgan fingerprint density at radius 2 is 1.75 bits per heavy atom. The highest BCUT2D eigenvalue weighted by molar-refractivity contribution is 7.99. The fraction of sp³-hybridized carbons (Fsp3) is 0.462. The van der Waals surface area contributed by atoms with Crippen LogP contribution < -0.4 is 0 Å². The van der Waals surface area contributed by atoms with E-state index in [0.29, 0.717) is 5.25 Å². The van der Waals surface area contributed by atoms with Crippen molar-refractivity contribution in [3.63, 3.8) is 0 Å². The number of hydrogen-bond donors (Lipinski definition) is 0. The summed E-state index contributed by atoms with van der Waals surface area (Å²) in [5.74, 6) is 0. The second-order valence-electron chi connectivity index (χ2n) is 4.23. The van der Waals surface area contributed by atoms with Gasteiger partial charge in [0.1, 0.15) is 6.04 Å². The summed E-state index contributed by atoms with van der Waals surface area (Å²) in [6.45, 7) is 4.35. The Labute approximate surface area is 102 Å². The average Bonchev–Trinajstić information content (AvgIpc) is 2.20. The molecule has 1 aromatic rings. The van der Waals surface area contributed by atoms with E-state index in [9.17, 15) is 0 Å². The first kappa shape index (κ1) is 13.1. The molecule has 1 atom stereocenters. The molecule has 16 heavy (non-hydrogen) atoms. The third-order valence-electron chi connectivity index (χ3n) is 2.21. The van der Waals surface area contributed by atoms with Crippen LogP contribution in [-0.4, -0.2) is 24.2 Å². The molecular formula is C13H18N2S. The number of nitrogens with zero attached hydrogens (tertiary/aromatic N) is 2. The van der Waals surface area contributed by atoms with E-state index in [1.807, 2.05) is 42.9 Å². The van der Waals surface area contributed by atoms with Crippen molar-refractivity contribution in [2.45, 2.75) is 30.0 Å². The fourth-order valence-electron chi connectivity index (χ4n) is 1.49. The standard InChI is InChI=1S/C13H18N2S/c1-10(2)16-12-7-5-11(6-8-12)13(9-14)15(3)4/h5-8,10,13H,1-4H3. The summed E-state index contributed by atoms with van der Waals surface area (Å²) in [5, 5.41) is 9.66. The van der Waals surface area contributed by atoms with Crippen LogP contribution in [0.5, 0.6) is 0 Å². The first-order chi connectivity index (χ1) is 7.54. The van der Waals surface area contributed by atoms with E-state index in [2.05, 4.69) is 32.0 Å². The van der Waals surface area contributed by atoms with Crippen LogP contribution >= 0.6 is 11.8 Å². The van der Waals surface area contributed by atoms with Crippen LogP contribution in [0.2, 0.25) is 0 Å². The number of rotatable bonds is 4. The van der Waals surface area contributed by atoms with Crippen LogP contribution in [0.3, 0.4) is 0 Å². The molecule has 86 valence electrons. The lowest BCUT2D eigenvalue weighted by Crippen LogP contribution is -2.18. The maximum atomic E-state index is 9.07. The van der Waals surface area contributed by atoms with Crippen molar-refractivity contribution < 1.29 is 0 Å². The topological polar surface area (TPSA) is 27.0 Å². The van der Waals surface area contributed by atoms with E-state index in [0.717, 1.165) is 5.56 Å². The summed E-state index contributed by atoms with van der Waals surface area (Å²) in [5.41, 5.74) is 1.06. The van der Waals surface area contributed by atoms with Crippen LogP contribution in [0, 0.1) is 11.3 Å². The van der Waals surface area contributed by atoms with Crippen LogP contribution in [0.15, 0.2) is 29.2 Å². The van der Waals surface area contributed by atoms with Crippen molar-refractivity contribution in [3.05, 3.63) is 29.8 Å². The smallest absolute Gasteiger partial charge is 0.123 e. The molecule has 0 aromatic heterocycles. The minimum absolute atomic E-state index is 0.155. The molecule has 0 amide bonds. The third kappa shape index (κ3) is 3.55. The normalized spacial score (nSPS) is 12.8. The third-order valence-corrected chi connectivity index (χ3v) is 3.22. The van der Waals surface area contributed by atoms with Gasteiger partial charge in [-0.3, -0.25) is 4.90 Å². The van der Waals surface area contributed by atoms with Gasteiger partial charge in [0.05, 0.1) is 6.07 Å². The molecule has 0 fully saturated rings. The summed E-state index contributed by atoms with van der Waals surface area (Å²) in [6.07, 6.45) is 0. The highest BCUT2D eigenvalue weighted by atomic mass is 32.2. The minimum Gasteiger partial charge on any atom is -0.291 e. The molecule has 0 saturated carbocycles. The average molecular weight is 234 g/mol. The summed E-state index contributed by atoms with van der Waals surface area (Å²) < 4.78 is 0. The summed E-state index contributed by atoms with van der Waals surface area (Å²) in [6, 6.07) is 10.4. The lowest BCUT2D eigenvalue weighted by molar-refractivity contribution is 0.358. The maximum Gasteiger partial charge on any atom is 0.123 e. The van der Waals surface area contributed by atoms with Gasteiger partial charge in [0.15, 0.2) is 0 Å². The zero-order chi connectivity index (χ0) is 12.1. The number of benzene rings is 1. The predicted octanol–water partition coefficient (Wildman–Crippen LogP) is 3.31. The quantitative estimate of drug-likeness (QED) is 0.748. The molecule has 0 N–H and O–H groups in total. The van der Waals surface area contributed by atoms with E-state index in [1.165, 1.54) is 4.90 Å². The Morgan fingerprint density at radius 1 is 1.19 bits per heavy atom. The molecule has 2 nitrogen and oxygen atoms in total. The molecule has 0 spiro atoms. The Kier molecular flexibility index (Phi) is 4.85. The van der Waals surface area contributed by atoms with Crippen LogP contribution in [-0.2, 0) is 0 Å². The monoisotopic (exact) mass is 234 g/mol. The molecule has 1 aromatic carbocycles.